The number of quaternary nitrogens is 1. The van der Waals surface area contributed by atoms with Gasteiger partial charge in [0, 0.05) is 5.56 Å². The van der Waals surface area contributed by atoms with Crippen LogP contribution in [0.15, 0.2) is 42.5 Å². The van der Waals surface area contributed by atoms with Gasteiger partial charge in [-0.05, 0) is 24.3 Å². The normalized spacial score (nSPS) is 15.0. The lowest BCUT2D eigenvalue weighted by atomic mass is 10.1. The van der Waals surface area contributed by atoms with Crippen molar-refractivity contribution < 1.29 is 14.2 Å². The average molecular weight is 341 g/mol. The van der Waals surface area contributed by atoms with E-state index in [1.165, 1.54) is 17.0 Å². The smallest absolute Gasteiger partial charge is 0.295 e. The molecule has 0 spiro atoms. The molecular weight excluding hydrogens is 323 g/mol. The molecular formula is C18H18FN4O2+. The summed E-state index contributed by atoms with van der Waals surface area (Å²) < 4.78 is 13.3. The van der Waals surface area contributed by atoms with Crippen LogP contribution >= 0.6 is 0 Å². The number of piperazine rings is 1. The first-order valence-electron chi connectivity index (χ1n) is 8.08. The number of halogens is 1. The number of hydrogen-bond donors (Lipinski definition) is 1. The Balaban J connectivity index is 1.64. The fraction of sp³-hybridized carbons (Fsp3) is 0.278. The van der Waals surface area contributed by atoms with E-state index in [2.05, 4.69) is 6.07 Å². The van der Waals surface area contributed by atoms with Crippen molar-refractivity contribution >= 4 is 11.4 Å². The molecule has 1 aliphatic rings. The van der Waals surface area contributed by atoms with Crippen molar-refractivity contribution in [3.8, 4) is 6.07 Å². The molecule has 1 N–H and O–H groups in total. The Hall–Kier alpha value is -2.98. The van der Waals surface area contributed by atoms with E-state index in [1.54, 1.807) is 0 Å². The van der Waals surface area contributed by atoms with Gasteiger partial charge in [0.15, 0.2) is 0 Å². The largest absolute Gasteiger partial charge is 0.355 e. The van der Waals surface area contributed by atoms with Crippen LogP contribution in [0.1, 0.15) is 11.1 Å². The standard InChI is InChI=1S/C18H17FN4O2/c19-16-5-6-17(18(11-16)23(24)25)22-9-7-21(8-10-22)13-15-3-1-14(12-20)2-4-15/h1-6,11H,7-10,13H2/p+1. The highest BCUT2D eigenvalue weighted by atomic mass is 19.1. The quantitative estimate of drug-likeness (QED) is 0.676. The molecule has 128 valence electrons. The molecule has 1 fully saturated rings. The molecule has 0 atom stereocenters. The van der Waals surface area contributed by atoms with Crippen molar-refractivity contribution in [1.29, 1.82) is 5.26 Å². The van der Waals surface area contributed by atoms with Gasteiger partial charge in [-0.25, -0.2) is 4.39 Å². The summed E-state index contributed by atoms with van der Waals surface area (Å²) in [5.41, 5.74) is 2.10. The lowest BCUT2D eigenvalue weighted by molar-refractivity contribution is -0.914. The number of anilines is 1. The van der Waals surface area contributed by atoms with Gasteiger partial charge in [0.05, 0.1) is 48.8 Å². The van der Waals surface area contributed by atoms with Gasteiger partial charge in [0.25, 0.3) is 5.69 Å². The molecule has 2 aromatic rings. The van der Waals surface area contributed by atoms with E-state index in [-0.39, 0.29) is 5.69 Å². The summed E-state index contributed by atoms with van der Waals surface area (Å²) in [4.78, 5) is 13.9. The Bertz CT molecular complexity index is 809. The highest BCUT2D eigenvalue weighted by molar-refractivity contribution is 5.63. The van der Waals surface area contributed by atoms with E-state index in [0.717, 1.165) is 31.3 Å². The molecule has 6 nitrogen and oxygen atoms in total. The molecule has 1 heterocycles. The lowest BCUT2D eigenvalue weighted by Crippen LogP contribution is -3.13. The predicted molar refractivity (Wildman–Crippen MR) is 90.8 cm³/mol. The third kappa shape index (κ3) is 3.92. The number of nitriles is 1. The van der Waals surface area contributed by atoms with E-state index >= 15 is 0 Å². The fourth-order valence-electron chi connectivity index (χ4n) is 3.14. The summed E-state index contributed by atoms with van der Waals surface area (Å²) in [7, 11) is 0. The molecule has 0 aliphatic carbocycles. The van der Waals surface area contributed by atoms with Crippen LogP contribution in [-0.4, -0.2) is 31.1 Å². The van der Waals surface area contributed by atoms with Gasteiger partial charge in [-0.1, -0.05) is 12.1 Å². The van der Waals surface area contributed by atoms with Crippen molar-refractivity contribution in [3.63, 3.8) is 0 Å². The summed E-state index contributed by atoms with van der Waals surface area (Å²) in [6, 6.07) is 13.4. The minimum atomic E-state index is -0.597. The lowest BCUT2D eigenvalue weighted by Gasteiger charge is -2.33. The number of benzene rings is 2. The SMILES string of the molecule is N#Cc1ccc(C[NH+]2CCN(c3ccc(F)cc3[N+](=O)[O-])CC2)cc1. The van der Waals surface area contributed by atoms with Crippen LogP contribution < -0.4 is 9.80 Å². The molecule has 1 aliphatic heterocycles. The summed E-state index contributed by atoms with van der Waals surface area (Å²) in [5.74, 6) is -0.597. The van der Waals surface area contributed by atoms with Crippen LogP contribution in [0, 0.1) is 27.3 Å². The van der Waals surface area contributed by atoms with Gasteiger partial charge >= 0.3 is 0 Å². The van der Waals surface area contributed by atoms with Crippen molar-refractivity contribution in [3.05, 3.63) is 69.5 Å². The predicted octanol–water partition coefficient (Wildman–Crippen LogP) is 1.51. The van der Waals surface area contributed by atoms with Gasteiger partial charge < -0.3 is 9.80 Å². The van der Waals surface area contributed by atoms with Crippen molar-refractivity contribution in [2.45, 2.75) is 6.54 Å². The minimum absolute atomic E-state index is 0.185. The number of nitro groups is 1. The van der Waals surface area contributed by atoms with E-state index in [1.807, 2.05) is 29.2 Å². The van der Waals surface area contributed by atoms with Crippen LogP contribution in [0.5, 0.6) is 0 Å². The maximum atomic E-state index is 13.3. The number of rotatable bonds is 4. The highest BCUT2D eigenvalue weighted by Gasteiger charge is 2.26. The molecule has 0 saturated carbocycles. The maximum absolute atomic E-state index is 13.3. The second-order valence-electron chi connectivity index (χ2n) is 6.11. The molecule has 0 unspecified atom stereocenters. The Morgan fingerprint density at radius 3 is 2.48 bits per heavy atom. The third-order valence-corrected chi connectivity index (χ3v) is 4.48. The van der Waals surface area contributed by atoms with Crippen LogP contribution in [0.3, 0.4) is 0 Å². The Morgan fingerprint density at radius 2 is 1.88 bits per heavy atom. The van der Waals surface area contributed by atoms with Crippen LogP contribution in [0.25, 0.3) is 0 Å². The molecule has 2 aromatic carbocycles. The second kappa shape index (κ2) is 7.28. The van der Waals surface area contributed by atoms with E-state index < -0.39 is 10.7 Å². The van der Waals surface area contributed by atoms with Gasteiger partial charge in [-0.15, -0.1) is 0 Å². The molecule has 3 rings (SSSR count). The van der Waals surface area contributed by atoms with E-state index in [4.69, 9.17) is 5.26 Å². The highest BCUT2D eigenvalue weighted by Crippen LogP contribution is 2.28. The second-order valence-corrected chi connectivity index (χ2v) is 6.11. The number of nitrogens with zero attached hydrogens (tertiary/aromatic N) is 3. The molecule has 7 heteroatoms. The monoisotopic (exact) mass is 341 g/mol. The maximum Gasteiger partial charge on any atom is 0.295 e. The Labute approximate surface area is 144 Å². The molecule has 25 heavy (non-hydrogen) atoms. The molecule has 0 radical (unpaired) electrons. The number of nitrogens with one attached hydrogen (secondary N) is 1. The summed E-state index contributed by atoms with van der Waals surface area (Å²) >= 11 is 0. The van der Waals surface area contributed by atoms with Crippen molar-refractivity contribution in [2.75, 3.05) is 31.1 Å². The van der Waals surface area contributed by atoms with Gasteiger partial charge in [-0.3, -0.25) is 10.1 Å². The van der Waals surface area contributed by atoms with Crippen LogP contribution in [0.2, 0.25) is 0 Å². The number of nitro benzene ring substituents is 1. The van der Waals surface area contributed by atoms with Crippen LogP contribution in [0.4, 0.5) is 15.8 Å². The van der Waals surface area contributed by atoms with Crippen molar-refractivity contribution in [2.24, 2.45) is 0 Å². The topological polar surface area (TPSA) is 74.6 Å². The first-order valence-corrected chi connectivity index (χ1v) is 8.08. The Kier molecular flexibility index (Phi) is 4.91. The zero-order valence-electron chi connectivity index (χ0n) is 13.6. The van der Waals surface area contributed by atoms with Gasteiger partial charge in [0.1, 0.15) is 18.0 Å². The number of hydrogen-bond acceptors (Lipinski definition) is 4. The minimum Gasteiger partial charge on any atom is -0.355 e. The molecule has 1 saturated heterocycles. The molecule has 0 bridgehead atoms. The van der Waals surface area contributed by atoms with E-state index in [9.17, 15) is 14.5 Å². The molecule has 0 aromatic heterocycles. The van der Waals surface area contributed by atoms with Gasteiger partial charge in [-0.2, -0.15) is 5.26 Å². The van der Waals surface area contributed by atoms with Gasteiger partial charge in [0.2, 0.25) is 0 Å². The molecule has 0 amide bonds. The van der Waals surface area contributed by atoms with Crippen molar-refractivity contribution in [1.82, 2.24) is 0 Å². The summed E-state index contributed by atoms with van der Waals surface area (Å²) in [5, 5.41) is 20.0. The first kappa shape index (κ1) is 16.9. The van der Waals surface area contributed by atoms with Crippen LogP contribution in [-0.2, 0) is 6.54 Å². The average Bonchev–Trinajstić information content (AvgIpc) is 2.63. The first-order chi connectivity index (χ1) is 12.1. The Morgan fingerprint density at radius 1 is 1.20 bits per heavy atom. The third-order valence-electron chi connectivity index (χ3n) is 4.48. The van der Waals surface area contributed by atoms with E-state index in [0.29, 0.717) is 24.3 Å². The summed E-state index contributed by atoms with van der Waals surface area (Å²) in [6.07, 6.45) is 0. The zero-order valence-corrected chi connectivity index (χ0v) is 13.6. The fourth-order valence-corrected chi connectivity index (χ4v) is 3.14. The zero-order chi connectivity index (χ0) is 17.8. The summed E-state index contributed by atoms with van der Waals surface area (Å²) in [6.45, 7) is 3.89.